The SMILES string of the molecule is CN(C)c1cccc(C(=O)N2CCN(C(=O)c3ccc(F)cc3F)CC2)c1. The third-order valence-corrected chi connectivity index (χ3v) is 4.63. The number of carbonyl (C=O) groups is 2. The zero-order chi connectivity index (χ0) is 19.6. The molecular formula is C20H21F2N3O2. The lowest BCUT2D eigenvalue weighted by Gasteiger charge is -2.35. The molecule has 0 N–H and O–H groups in total. The third kappa shape index (κ3) is 4.07. The van der Waals surface area contributed by atoms with Gasteiger partial charge in [0.1, 0.15) is 11.6 Å². The maximum absolute atomic E-state index is 13.8. The monoisotopic (exact) mass is 373 g/mol. The van der Waals surface area contributed by atoms with Crippen molar-refractivity contribution in [2.75, 3.05) is 45.2 Å². The van der Waals surface area contributed by atoms with Crippen molar-refractivity contribution in [3.05, 3.63) is 65.2 Å². The van der Waals surface area contributed by atoms with E-state index < -0.39 is 17.5 Å². The first-order chi connectivity index (χ1) is 12.9. The third-order valence-electron chi connectivity index (χ3n) is 4.63. The van der Waals surface area contributed by atoms with Gasteiger partial charge in [-0.1, -0.05) is 6.07 Å². The largest absolute Gasteiger partial charge is 0.378 e. The maximum Gasteiger partial charge on any atom is 0.256 e. The van der Waals surface area contributed by atoms with Gasteiger partial charge in [-0.15, -0.1) is 0 Å². The fraction of sp³-hybridized carbons (Fsp3) is 0.300. The molecule has 2 amide bonds. The lowest BCUT2D eigenvalue weighted by molar-refractivity contribution is 0.0532. The quantitative estimate of drug-likeness (QED) is 0.831. The van der Waals surface area contributed by atoms with Crippen LogP contribution in [0.1, 0.15) is 20.7 Å². The number of hydrogen-bond donors (Lipinski definition) is 0. The molecule has 5 nitrogen and oxygen atoms in total. The van der Waals surface area contributed by atoms with Gasteiger partial charge in [0.2, 0.25) is 0 Å². The van der Waals surface area contributed by atoms with Crippen molar-refractivity contribution in [1.82, 2.24) is 9.80 Å². The zero-order valence-corrected chi connectivity index (χ0v) is 15.3. The highest BCUT2D eigenvalue weighted by Crippen LogP contribution is 2.18. The minimum Gasteiger partial charge on any atom is -0.378 e. The Labute approximate surface area is 156 Å². The number of piperazine rings is 1. The fourth-order valence-electron chi connectivity index (χ4n) is 3.05. The summed E-state index contributed by atoms with van der Waals surface area (Å²) in [6.07, 6.45) is 0. The summed E-state index contributed by atoms with van der Waals surface area (Å²) in [6, 6.07) is 10.3. The van der Waals surface area contributed by atoms with Crippen molar-refractivity contribution in [2.45, 2.75) is 0 Å². The van der Waals surface area contributed by atoms with Crippen molar-refractivity contribution in [2.24, 2.45) is 0 Å². The van der Waals surface area contributed by atoms with Crippen LogP contribution in [0.4, 0.5) is 14.5 Å². The topological polar surface area (TPSA) is 43.9 Å². The van der Waals surface area contributed by atoms with Gasteiger partial charge in [-0.2, -0.15) is 0 Å². The number of carbonyl (C=O) groups excluding carboxylic acids is 2. The fourth-order valence-corrected chi connectivity index (χ4v) is 3.05. The Hall–Kier alpha value is -2.96. The molecule has 7 heteroatoms. The highest BCUT2D eigenvalue weighted by molar-refractivity contribution is 5.96. The highest BCUT2D eigenvalue weighted by atomic mass is 19.1. The molecule has 142 valence electrons. The molecule has 0 aliphatic carbocycles. The van der Waals surface area contributed by atoms with Crippen LogP contribution < -0.4 is 4.90 Å². The molecule has 0 saturated carbocycles. The van der Waals surface area contributed by atoms with Crippen molar-refractivity contribution >= 4 is 17.5 Å². The van der Waals surface area contributed by atoms with Gasteiger partial charge in [0.15, 0.2) is 0 Å². The van der Waals surface area contributed by atoms with Gasteiger partial charge in [0.05, 0.1) is 5.56 Å². The van der Waals surface area contributed by atoms with Crippen molar-refractivity contribution < 1.29 is 18.4 Å². The Kier molecular flexibility index (Phi) is 5.39. The summed E-state index contributed by atoms with van der Waals surface area (Å²) in [5, 5.41) is 0. The number of nitrogens with zero attached hydrogens (tertiary/aromatic N) is 3. The molecular weight excluding hydrogens is 352 g/mol. The summed E-state index contributed by atoms with van der Waals surface area (Å²) in [7, 11) is 3.81. The molecule has 2 aromatic carbocycles. The summed E-state index contributed by atoms with van der Waals surface area (Å²) in [4.78, 5) is 30.3. The number of hydrogen-bond acceptors (Lipinski definition) is 3. The second-order valence-corrected chi connectivity index (χ2v) is 6.65. The second-order valence-electron chi connectivity index (χ2n) is 6.65. The standard InChI is InChI=1S/C20H21F2N3O2/c1-23(2)16-5-3-4-14(12-16)19(26)24-8-10-25(11-9-24)20(27)17-7-6-15(21)13-18(17)22/h3-7,12-13H,8-11H2,1-2H3. The van der Waals surface area contributed by atoms with Crippen LogP contribution in [-0.2, 0) is 0 Å². The van der Waals surface area contributed by atoms with Gasteiger partial charge in [-0.3, -0.25) is 9.59 Å². The van der Waals surface area contributed by atoms with Gasteiger partial charge in [-0.05, 0) is 30.3 Å². The smallest absolute Gasteiger partial charge is 0.256 e. The molecule has 1 heterocycles. The summed E-state index contributed by atoms with van der Waals surface area (Å²) in [5.74, 6) is -2.19. The normalized spacial score (nSPS) is 14.2. The molecule has 0 spiro atoms. The molecule has 0 radical (unpaired) electrons. The molecule has 0 atom stereocenters. The molecule has 1 fully saturated rings. The van der Waals surface area contributed by atoms with Crippen LogP contribution >= 0.6 is 0 Å². The number of benzene rings is 2. The van der Waals surface area contributed by atoms with E-state index in [0.717, 1.165) is 17.8 Å². The molecule has 1 saturated heterocycles. The number of halogens is 2. The van der Waals surface area contributed by atoms with E-state index >= 15 is 0 Å². The molecule has 0 bridgehead atoms. The first-order valence-electron chi connectivity index (χ1n) is 8.68. The average Bonchev–Trinajstić information content (AvgIpc) is 2.67. The van der Waals surface area contributed by atoms with E-state index in [0.29, 0.717) is 37.8 Å². The molecule has 27 heavy (non-hydrogen) atoms. The van der Waals surface area contributed by atoms with Crippen molar-refractivity contribution in [3.8, 4) is 0 Å². The highest BCUT2D eigenvalue weighted by Gasteiger charge is 2.27. The van der Waals surface area contributed by atoms with Crippen molar-refractivity contribution in [3.63, 3.8) is 0 Å². The number of rotatable bonds is 3. The van der Waals surface area contributed by atoms with Crippen LogP contribution in [0.5, 0.6) is 0 Å². The Morgan fingerprint density at radius 1 is 0.889 bits per heavy atom. The molecule has 0 unspecified atom stereocenters. The molecule has 3 rings (SSSR count). The summed E-state index contributed by atoms with van der Waals surface area (Å²) >= 11 is 0. The Balaban J connectivity index is 1.65. The van der Waals surface area contributed by atoms with Gasteiger partial charge < -0.3 is 14.7 Å². The van der Waals surface area contributed by atoms with E-state index in [1.807, 2.05) is 37.2 Å². The minimum absolute atomic E-state index is 0.0984. The average molecular weight is 373 g/mol. The molecule has 0 aromatic heterocycles. The van der Waals surface area contributed by atoms with Crippen LogP contribution in [0.25, 0.3) is 0 Å². The van der Waals surface area contributed by atoms with E-state index in [1.165, 1.54) is 4.90 Å². The van der Waals surface area contributed by atoms with E-state index in [1.54, 1.807) is 11.0 Å². The van der Waals surface area contributed by atoms with Gasteiger partial charge >= 0.3 is 0 Å². The Morgan fingerprint density at radius 2 is 1.52 bits per heavy atom. The van der Waals surface area contributed by atoms with Crippen LogP contribution in [-0.4, -0.2) is 61.9 Å². The number of amides is 2. The van der Waals surface area contributed by atoms with E-state index in [-0.39, 0.29) is 11.5 Å². The lowest BCUT2D eigenvalue weighted by Crippen LogP contribution is -2.50. The second kappa shape index (κ2) is 7.73. The van der Waals surface area contributed by atoms with E-state index in [4.69, 9.17) is 0 Å². The predicted molar refractivity (Wildman–Crippen MR) is 98.9 cm³/mol. The summed E-state index contributed by atoms with van der Waals surface area (Å²) < 4.78 is 26.8. The first kappa shape index (κ1) is 18.8. The number of anilines is 1. The minimum atomic E-state index is -0.876. The van der Waals surface area contributed by atoms with Crippen LogP contribution in [0.2, 0.25) is 0 Å². The Morgan fingerprint density at radius 3 is 2.11 bits per heavy atom. The van der Waals surface area contributed by atoms with Gasteiger partial charge in [0, 0.05) is 57.6 Å². The van der Waals surface area contributed by atoms with Crippen LogP contribution in [0, 0.1) is 11.6 Å². The summed E-state index contributed by atoms with van der Waals surface area (Å²) in [6.45, 7) is 1.32. The van der Waals surface area contributed by atoms with E-state index in [2.05, 4.69) is 0 Å². The molecule has 2 aromatic rings. The lowest BCUT2D eigenvalue weighted by atomic mass is 10.1. The zero-order valence-electron chi connectivity index (χ0n) is 15.3. The van der Waals surface area contributed by atoms with Crippen molar-refractivity contribution in [1.29, 1.82) is 0 Å². The molecule has 1 aliphatic heterocycles. The van der Waals surface area contributed by atoms with E-state index in [9.17, 15) is 18.4 Å². The maximum atomic E-state index is 13.8. The summed E-state index contributed by atoms with van der Waals surface area (Å²) in [5.41, 5.74) is 1.36. The predicted octanol–water partition coefficient (Wildman–Crippen LogP) is 2.63. The van der Waals surface area contributed by atoms with Crippen LogP contribution in [0.15, 0.2) is 42.5 Å². The Bertz CT molecular complexity index is 862. The van der Waals surface area contributed by atoms with Crippen LogP contribution in [0.3, 0.4) is 0 Å². The first-order valence-corrected chi connectivity index (χ1v) is 8.68. The van der Waals surface area contributed by atoms with Gasteiger partial charge in [0.25, 0.3) is 11.8 Å². The van der Waals surface area contributed by atoms with Gasteiger partial charge in [-0.25, -0.2) is 8.78 Å². The molecule has 1 aliphatic rings.